The van der Waals surface area contributed by atoms with Gasteiger partial charge in [0.05, 0.1) is 0 Å². The topological polar surface area (TPSA) is 55.4 Å². The van der Waals surface area contributed by atoms with Crippen molar-refractivity contribution < 1.29 is 14.3 Å². The van der Waals surface area contributed by atoms with E-state index in [1.807, 2.05) is 5.32 Å². The summed E-state index contributed by atoms with van der Waals surface area (Å²) in [6, 6.07) is 0. The van der Waals surface area contributed by atoms with E-state index in [1.54, 1.807) is 0 Å². The molecule has 0 aliphatic carbocycles. The van der Waals surface area contributed by atoms with Crippen LogP contribution in [0.2, 0.25) is 0 Å². The summed E-state index contributed by atoms with van der Waals surface area (Å²) in [6.45, 7) is -0.126. The van der Waals surface area contributed by atoms with Crippen molar-refractivity contribution in [2.75, 3.05) is 6.61 Å². The molecule has 0 bridgehead atoms. The van der Waals surface area contributed by atoms with Gasteiger partial charge in [0.2, 0.25) is 0 Å². The summed E-state index contributed by atoms with van der Waals surface area (Å²) in [5.74, 6) is -0.370. The molecule has 5 heteroatoms. The van der Waals surface area contributed by atoms with Crippen LogP contribution in [0.4, 0.5) is 4.79 Å². The number of ether oxygens (including phenoxy) is 1. The predicted octanol–water partition coefficient (Wildman–Crippen LogP) is -1.40. The number of cyclic esters (lactones) is 1. The van der Waals surface area contributed by atoms with Crippen molar-refractivity contribution >= 4 is 63.4 Å². The van der Waals surface area contributed by atoms with Crippen LogP contribution in [0.25, 0.3) is 0 Å². The van der Waals surface area contributed by atoms with Crippen LogP contribution in [0, 0.1) is 0 Å². The van der Waals surface area contributed by atoms with Gasteiger partial charge >= 0.3 is 57.5 Å². The molecule has 1 fully saturated rings. The fourth-order valence-electron chi connectivity index (χ4n) is 0.317. The van der Waals surface area contributed by atoms with Gasteiger partial charge in [-0.2, -0.15) is 0 Å². The molecular weight excluding hydrogens is 137 g/mol. The van der Waals surface area contributed by atoms with E-state index >= 15 is 0 Å². The Morgan fingerprint density at radius 1 is 1.50 bits per heavy atom. The number of hydrogen-bond donors (Lipinski definition) is 1. The van der Waals surface area contributed by atoms with Gasteiger partial charge in [0.15, 0.2) is 6.61 Å². The van der Waals surface area contributed by atoms with Gasteiger partial charge in [-0.1, -0.05) is 0 Å². The van der Waals surface area contributed by atoms with Crippen LogP contribution in [0.15, 0.2) is 0 Å². The van der Waals surface area contributed by atoms with E-state index in [0.717, 1.165) is 0 Å². The molecule has 1 heterocycles. The van der Waals surface area contributed by atoms with Crippen molar-refractivity contribution in [2.45, 2.75) is 0 Å². The maximum absolute atomic E-state index is 10.00. The third-order valence-corrected chi connectivity index (χ3v) is 0.576. The molecule has 0 saturated carbocycles. The van der Waals surface area contributed by atoms with Crippen molar-refractivity contribution in [1.29, 1.82) is 0 Å². The second-order valence-corrected chi connectivity index (χ2v) is 1.12. The summed E-state index contributed by atoms with van der Waals surface area (Å²) < 4.78 is 4.17. The van der Waals surface area contributed by atoms with E-state index in [9.17, 15) is 9.59 Å². The summed E-state index contributed by atoms with van der Waals surface area (Å²) in [4.78, 5) is 19.9. The first-order valence-corrected chi connectivity index (χ1v) is 1.75. The Kier molecular flexibility index (Phi) is 3.83. The summed E-state index contributed by atoms with van der Waals surface area (Å²) in [5.41, 5.74) is 0. The third-order valence-electron chi connectivity index (χ3n) is 0.576. The number of imide groups is 1. The SMILES string of the molecule is O=C1COC(=O)N1.[KH]. The standard InChI is InChI=1S/C3H3NO3.K.H/c5-2-1-7-3(6)4-2;;/h1H2,(H,4,5,6);;. The van der Waals surface area contributed by atoms with E-state index in [4.69, 9.17) is 0 Å². The Hall–Kier alpha value is 0.576. The van der Waals surface area contributed by atoms with Crippen LogP contribution in [-0.4, -0.2) is 70.0 Å². The number of carbonyl (C=O) groups is 2. The molecule has 1 aliphatic heterocycles. The van der Waals surface area contributed by atoms with Crippen LogP contribution in [0.3, 0.4) is 0 Å². The van der Waals surface area contributed by atoms with Crippen molar-refractivity contribution in [1.82, 2.24) is 5.32 Å². The third kappa shape index (κ3) is 2.23. The molecule has 1 aliphatic rings. The zero-order chi connectivity index (χ0) is 5.28. The van der Waals surface area contributed by atoms with Gasteiger partial charge in [0.1, 0.15) is 0 Å². The molecule has 1 N–H and O–H groups in total. The number of hydrogen-bond acceptors (Lipinski definition) is 3. The maximum atomic E-state index is 10.00. The first kappa shape index (κ1) is 8.58. The monoisotopic (exact) mass is 141 g/mol. The molecule has 0 aromatic rings. The zero-order valence-electron chi connectivity index (χ0n) is 3.43. The van der Waals surface area contributed by atoms with Gasteiger partial charge in [-0.25, -0.2) is 4.79 Å². The van der Waals surface area contributed by atoms with Crippen molar-refractivity contribution in [2.24, 2.45) is 0 Å². The van der Waals surface area contributed by atoms with Crippen molar-refractivity contribution in [3.63, 3.8) is 0 Å². The van der Waals surface area contributed by atoms with Gasteiger partial charge in [0.25, 0.3) is 5.91 Å². The molecule has 1 saturated heterocycles. The van der Waals surface area contributed by atoms with Gasteiger partial charge in [-0.3, -0.25) is 10.1 Å². The van der Waals surface area contributed by atoms with Gasteiger partial charge in [-0.15, -0.1) is 0 Å². The number of rotatable bonds is 0. The molecule has 8 heavy (non-hydrogen) atoms. The number of alkyl carbamates (subject to hydrolysis) is 1. The average Bonchev–Trinajstić information content (AvgIpc) is 1.87. The van der Waals surface area contributed by atoms with E-state index in [-0.39, 0.29) is 63.9 Å². The van der Waals surface area contributed by atoms with Gasteiger partial charge in [-0.05, 0) is 0 Å². The summed E-state index contributed by atoms with van der Waals surface area (Å²) in [5, 5.41) is 1.92. The van der Waals surface area contributed by atoms with Crippen LogP contribution >= 0.6 is 0 Å². The van der Waals surface area contributed by atoms with Crippen molar-refractivity contribution in [3.8, 4) is 0 Å². The van der Waals surface area contributed by atoms with E-state index in [1.165, 1.54) is 0 Å². The molecule has 0 aromatic heterocycles. The molecule has 0 unspecified atom stereocenters. The summed E-state index contributed by atoms with van der Waals surface area (Å²) >= 11 is 0. The summed E-state index contributed by atoms with van der Waals surface area (Å²) in [6.07, 6.45) is -0.648. The number of carbonyl (C=O) groups excluding carboxylic acids is 2. The minimum absolute atomic E-state index is 0. The van der Waals surface area contributed by atoms with Crippen molar-refractivity contribution in [3.05, 3.63) is 0 Å². The Balaban J connectivity index is 0.000000490. The summed E-state index contributed by atoms with van der Waals surface area (Å²) in [7, 11) is 0. The molecular formula is C3H4KNO3. The molecule has 0 aromatic carbocycles. The average molecular weight is 141 g/mol. The Bertz CT molecular complexity index is 110. The van der Waals surface area contributed by atoms with Crippen LogP contribution in [-0.2, 0) is 9.53 Å². The van der Waals surface area contributed by atoms with E-state index < -0.39 is 6.09 Å². The molecule has 0 radical (unpaired) electrons. The van der Waals surface area contributed by atoms with E-state index in [0.29, 0.717) is 0 Å². The van der Waals surface area contributed by atoms with Crippen LogP contribution in [0.1, 0.15) is 0 Å². The Morgan fingerprint density at radius 3 is 2.25 bits per heavy atom. The van der Waals surface area contributed by atoms with Gasteiger partial charge < -0.3 is 4.74 Å². The molecule has 2 amide bonds. The quantitative estimate of drug-likeness (QED) is 0.422. The van der Waals surface area contributed by atoms with Crippen LogP contribution in [0.5, 0.6) is 0 Å². The zero-order valence-corrected chi connectivity index (χ0v) is 3.43. The fourth-order valence-corrected chi connectivity index (χ4v) is 0.317. The number of amides is 2. The minimum atomic E-state index is -0.648. The molecule has 0 atom stereocenters. The first-order valence-electron chi connectivity index (χ1n) is 1.75. The first-order chi connectivity index (χ1) is 3.29. The number of nitrogens with one attached hydrogen (secondary N) is 1. The molecule has 1 rings (SSSR count). The Morgan fingerprint density at radius 2 is 2.12 bits per heavy atom. The second-order valence-electron chi connectivity index (χ2n) is 1.12. The second kappa shape index (κ2) is 3.57. The van der Waals surface area contributed by atoms with Crippen LogP contribution < -0.4 is 5.32 Å². The molecule has 0 spiro atoms. The molecule has 4 nitrogen and oxygen atoms in total. The normalized spacial score (nSPS) is 16.5. The Labute approximate surface area is 88.4 Å². The van der Waals surface area contributed by atoms with E-state index in [2.05, 4.69) is 4.74 Å². The van der Waals surface area contributed by atoms with Gasteiger partial charge in [0, 0.05) is 0 Å². The molecule has 40 valence electrons. The predicted molar refractivity (Wildman–Crippen MR) is 26.6 cm³/mol. The fraction of sp³-hybridized carbons (Fsp3) is 0.333.